The van der Waals surface area contributed by atoms with Crippen molar-refractivity contribution in [1.82, 2.24) is 4.90 Å². The number of hydrogen-bond donors (Lipinski definition) is 1. The van der Waals surface area contributed by atoms with Gasteiger partial charge in [0, 0.05) is 24.2 Å². The fraction of sp³-hybridized carbons (Fsp3) is 0.391. The second-order valence-corrected chi connectivity index (χ2v) is 8.02. The van der Waals surface area contributed by atoms with Gasteiger partial charge in [-0.3, -0.25) is 19.4 Å². The molecule has 2 heterocycles. The highest BCUT2D eigenvalue weighted by Gasteiger charge is 2.51. The maximum atomic E-state index is 13.3. The number of aliphatic hydroxyl groups is 1. The molecule has 2 aliphatic rings. The lowest BCUT2D eigenvalue weighted by atomic mass is 9.88. The standard InChI is InChI=1S/C23H26N2O3/c1-17-11-13-24(14-12-17)16-25-20-10-6-5-9-19(20)23(28,22(25)27)15-21(26)18-7-3-2-4-8-18/h2-10,17,28H,11-16H2,1H3/t23-/m1/s1. The Morgan fingerprint density at radius 3 is 2.43 bits per heavy atom. The fourth-order valence-corrected chi connectivity index (χ4v) is 4.18. The summed E-state index contributed by atoms with van der Waals surface area (Å²) in [6.07, 6.45) is 1.97. The zero-order valence-electron chi connectivity index (χ0n) is 16.2. The van der Waals surface area contributed by atoms with E-state index in [0.717, 1.165) is 25.9 Å². The molecule has 28 heavy (non-hydrogen) atoms. The van der Waals surface area contributed by atoms with Gasteiger partial charge in [-0.1, -0.05) is 55.5 Å². The number of anilines is 1. The lowest BCUT2D eigenvalue weighted by molar-refractivity contribution is -0.136. The van der Waals surface area contributed by atoms with E-state index in [1.54, 1.807) is 41.3 Å². The topological polar surface area (TPSA) is 60.9 Å². The Labute approximate surface area is 165 Å². The van der Waals surface area contributed by atoms with E-state index in [4.69, 9.17) is 0 Å². The maximum absolute atomic E-state index is 13.3. The SMILES string of the molecule is CC1CCN(CN2C(=O)[C@@](O)(CC(=O)c3ccccc3)c3ccccc32)CC1. The Balaban J connectivity index is 1.60. The quantitative estimate of drug-likeness (QED) is 0.812. The molecule has 0 radical (unpaired) electrons. The third kappa shape index (κ3) is 3.36. The van der Waals surface area contributed by atoms with Crippen molar-refractivity contribution in [2.24, 2.45) is 5.92 Å². The molecule has 1 atom stereocenters. The average Bonchev–Trinajstić information content (AvgIpc) is 2.92. The van der Waals surface area contributed by atoms with Gasteiger partial charge in [-0.25, -0.2) is 0 Å². The molecule has 0 spiro atoms. The van der Waals surface area contributed by atoms with Crippen molar-refractivity contribution in [2.75, 3.05) is 24.7 Å². The molecule has 0 bridgehead atoms. The highest BCUT2D eigenvalue weighted by molar-refractivity contribution is 6.10. The van der Waals surface area contributed by atoms with Crippen molar-refractivity contribution in [1.29, 1.82) is 0 Å². The van der Waals surface area contributed by atoms with Crippen LogP contribution in [-0.4, -0.2) is 41.5 Å². The Kier molecular flexibility index (Phi) is 5.04. The van der Waals surface area contributed by atoms with Gasteiger partial charge in [-0.2, -0.15) is 0 Å². The van der Waals surface area contributed by atoms with E-state index < -0.39 is 11.5 Å². The molecule has 1 saturated heterocycles. The largest absolute Gasteiger partial charge is 0.375 e. The predicted octanol–water partition coefficient (Wildman–Crippen LogP) is 3.18. The number of nitrogens with zero attached hydrogens (tertiary/aromatic N) is 2. The van der Waals surface area contributed by atoms with Gasteiger partial charge in [0.25, 0.3) is 5.91 Å². The van der Waals surface area contributed by atoms with Gasteiger partial charge < -0.3 is 5.11 Å². The Morgan fingerprint density at radius 2 is 1.71 bits per heavy atom. The van der Waals surface area contributed by atoms with Crippen LogP contribution in [-0.2, 0) is 10.4 Å². The minimum Gasteiger partial charge on any atom is -0.375 e. The summed E-state index contributed by atoms with van der Waals surface area (Å²) in [5.41, 5.74) is -0.0825. The van der Waals surface area contributed by atoms with Crippen LogP contribution >= 0.6 is 0 Å². The number of rotatable bonds is 5. The minimum absolute atomic E-state index is 0.236. The summed E-state index contributed by atoms with van der Waals surface area (Å²) in [4.78, 5) is 29.9. The zero-order valence-corrected chi connectivity index (χ0v) is 16.2. The molecule has 1 fully saturated rings. The molecular formula is C23H26N2O3. The number of ketones is 1. The van der Waals surface area contributed by atoms with Crippen LogP contribution in [0.4, 0.5) is 5.69 Å². The molecule has 2 aliphatic heterocycles. The van der Waals surface area contributed by atoms with E-state index in [1.165, 1.54) is 0 Å². The summed E-state index contributed by atoms with van der Waals surface area (Å²) in [5, 5.41) is 11.4. The van der Waals surface area contributed by atoms with E-state index in [2.05, 4.69) is 11.8 Å². The van der Waals surface area contributed by atoms with Gasteiger partial charge in [0.05, 0.1) is 18.8 Å². The first-order valence-corrected chi connectivity index (χ1v) is 9.93. The Hall–Kier alpha value is -2.50. The van der Waals surface area contributed by atoms with Gasteiger partial charge in [0.15, 0.2) is 11.4 Å². The number of fused-ring (bicyclic) bond motifs is 1. The lowest BCUT2D eigenvalue weighted by Crippen LogP contribution is -2.48. The molecule has 1 N–H and O–H groups in total. The van der Waals surface area contributed by atoms with Gasteiger partial charge in [-0.15, -0.1) is 0 Å². The van der Waals surface area contributed by atoms with Crippen LogP contribution in [0, 0.1) is 5.92 Å². The molecular weight excluding hydrogens is 352 g/mol. The van der Waals surface area contributed by atoms with Crippen molar-refractivity contribution in [2.45, 2.75) is 31.8 Å². The smallest absolute Gasteiger partial charge is 0.265 e. The van der Waals surface area contributed by atoms with Crippen LogP contribution in [0.15, 0.2) is 54.6 Å². The first-order chi connectivity index (χ1) is 13.5. The van der Waals surface area contributed by atoms with Crippen LogP contribution in [0.3, 0.4) is 0 Å². The second-order valence-electron chi connectivity index (χ2n) is 8.02. The molecule has 2 aromatic carbocycles. The van der Waals surface area contributed by atoms with Crippen LogP contribution in [0.1, 0.15) is 42.1 Å². The average molecular weight is 378 g/mol. The van der Waals surface area contributed by atoms with Gasteiger partial charge >= 0.3 is 0 Å². The second kappa shape index (κ2) is 7.49. The van der Waals surface area contributed by atoms with E-state index in [9.17, 15) is 14.7 Å². The minimum atomic E-state index is -1.81. The molecule has 5 nitrogen and oxygen atoms in total. The zero-order chi connectivity index (χ0) is 19.7. The van der Waals surface area contributed by atoms with Crippen molar-refractivity contribution in [3.05, 3.63) is 65.7 Å². The van der Waals surface area contributed by atoms with E-state index in [-0.39, 0.29) is 12.2 Å². The number of Topliss-reactive ketones (excluding diaryl/α,β-unsaturated/α-hetero) is 1. The molecule has 0 aliphatic carbocycles. The molecule has 0 aromatic heterocycles. The highest BCUT2D eigenvalue weighted by Crippen LogP contribution is 2.43. The molecule has 2 aromatic rings. The predicted molar refractivity (Wildman–Crippen MR) is 108 cm³/mol. The van der Waals surface area contributed by atoms with E-state index in [1.807, 2.05) is 18.2 Å². The summed E-state index contributed by atoms with van der Waals surface area (Å²) in [5.74, 6) is 0.0646. The number of para-hydroxylation sites is 1. The fourth-order valence-electron chi connectivity index (χ4n) is 4.18. The summed E-state index contributed by atoms with van der Waals surface area (Å²) >= 11 is 0. The number of piperidine rings is 1. The van der Waals surface area contributed by atoms with Crippen molar-refractivity contribution >= 4 is 17.4 Å². The Bertz CT molecular complexity index is 874. The summed E-state index contributed by atoms with van der Waals surface area (Å²) < 4.78 is 0. The van der Waals surface area contributed by atoms with Crippen LogP contribution in [0.2, 0.25) is 0 Å². The van der Waals surface area contributed by atoms with Crippen LogP contribution in [0.5, 0.6) is 0 Å². The van der Waals surface area contributed by atoms with Crippen molar-refractivity contribution in [3.63, 3.8) is 0 Å². The van der Waals surface area contributed by atoms with Gasteiger partial charge in [0.1, 0.15) is 0 Å². The molecule has 5 heteroatoms. The van der Waals surface area contributed by atoms with Crippen LogP contribution < -0.4 is 4.90 Å². The molecule has 4 rings (SSSR count). The summed E-state index contributed by atoms with van der Waals surface area (Å²) in [6, 6.07) is 16.1. The van der Waals surface area contributed by atoms with Crippen molar-refractivity contribution < 1.29 is 14.7 Å². The third-order valence-corrected chi connectivity index (χ3v) is 5.97. The monoisotopic (exact) mass is 378 g/mol. The molecule has 0 saturated carbocycles. The maximum Gasteiger partial charge on any atom is 0.265 e. The molecule has 146 valence electrons. The number of carbonyl (C=O) groups is 2. The number of carbonyl (C=O) groups excluding carboxylic acids is 2. The molecule has 0 unspecified atom stereocenters. The number of likely N-dealkylation sites (tertiary alicyclic amines) is 1. The summed E-state index contributed by atoms with van der Waals surface area (Å²) in [6.45, 7) is 4.58. The normalized spacial score (nSPS) is 23.1. The number of benzene rings is 2. The van der Waals surface area contributed by atoms with Gasteiger partial charge in [-0.05, 0) is 24.8 Å². The molecule has 1 amide bonds. The Morgan fingerprint density at radius 1 is 1.07 bits per heavy atom. The lowest BCUT2D eigenvalue weighted by Gasteiger charge is -2.34. The van der Waals surface area contributed by atoms with E-state index in [0.29, 0.717) is 29.4 Å². The highest BCUT2D eigenvalue weighted by atomic mass is 16.3. The first-order valence-electron chi connectivity index (χ1n) is 9.93. The number of hydrogen-bond acceptors (Lipinski definition) is 4. The summed E-state index contributed by atoms with van der Waals surface area (Å²) in [7, 11) is 0. The van der Waals surface area contributed by atoms with E-state index >= 15 is 0 Å². The van der Waals surface area contributed by atoms with Crippen molar-refractivity contribution in [3.8, 4) is 0 Å². The number of amides is 1. The van der Waals surface area contributed by atoms with Crippen LogP contribution in [0.25, 0.3) is 0 Å². The third-order valence-electron chi connectivity index (χ3n) is 5.97. The first kappa shape index (κ1) is 18.8. The van der Waals surface area contributed by atoms with Gasteiger partial charge in [0.2, 0.25) is 0 Å².